The minimum atomic E-state index is 0.156. The van der Waals surface area contributed by atoms with Crippen LogP contribution in [0.1, 0.15) is 6.42 Å². The number of anilines is 2. The van der Waals surface area contributed by atoms with E-state index >= 15 is 0 Å². The van der Waals surface area contributed by atoms with E-state index in [0.29, 0.717) is 32.0 Å². The quantitative estimate of drug-likeness (QED) is 0.738. The van der Waals surface area contributed by atoms with E-state index < -0.39 is 0 Å². The number of hydrogen-bond acceptors (Lipinski definition) is 6. The van der Waals surface area contributed by atoms with Crippen molar-refractivity contribution < 1.29 is 4.79 Å². The number of para-hydroxylation sites is 2. The van der Waals surface area contributed by atoms with E-state index in [1.807, 2.05) is 30.1 Å². The summed E-state index contributed by atoms with van der Waals surface area (Å²) in [4.78, 5) is 29.6. The Bertz CT molecular complexity index is 916. The molecule has 0 atom stereocenters. The second-order valence-electron chi connectivity index (χ2n) is 6.58. The van der Waals surface area contributed by atoms with Crippen molar-refractivity contribution in [2.24, 2.45) is 7.05 Å². The molecule has 1 saturated heterocycles. The Morgan fingerprint density at radius 2 is 1.81 bits per heavy atom. The van der Waals surface area contributed by atoms with Crippen molar-refractivity contribution in [3.63, 3.8) is 0 Å². The van der Waals surface area contributed by atoms with Gasteiger partial charge in [-0.25, -0.2) is 15.0 Å². The predicted molar refractivity (Wildman–Crippen MR) is 105 cm³/mol. The summed E-state index contributed by atoms with van der Waals surface area (Å²) in [5, 5.41) is 3.08. The van der Waals surface area contributed by atoms with E-state index in [9.17, 15) is 4.79 Å². The zero-order valence-corrected chi connectivity index (χ0v) is 15.4. The van der Waals surface area contributed by atoms with Gasteiger partial charge in [0, 0.05) is 58.6 Å². The fraction of sp³-hybridized carbons (Fsp3) is 0.368. The molecular formula is C19H23N7O. The lowest BCUT2D eigenvalue weighted by Crippen LogP contribution is -2.49. The average Bonchev–Trinajstić information content (AvgIpc) is 3.06. The molecule has 1 aromatic carbocycles. The summed E-state index contributed by atoms with van der Waals surface area (Å²) in [6.45, 7) is 3.54. The smallest absolute Gasteiger partial charge is 0.224 e. The molecule has 8 nitrogen and oxygen atoms in total. The zero-order chi connectivity index (χ0) is 18.6. The molecule has 0 aliphatic carbocycles. The van der Waals surface area contributed by atoms with Crippen LogP contribution in [0.5, 0.6) is 0 Å². The molecule has 0 saturated carbocycles. The Morgan fingerprint density at radius 3 is 2.56 bits per heavy atom. The van der Waals surface area contributed by atoms with Crippen molar-refractivity contribution >= 4 is 28.8 Å². The van der Waals surface area contributed by atoms with Gasteiger partial charge in [0.15, 0.2) is 0 Å². The minimum absolute atomic E-state index is 0.156. The lowest BCUT2D eigenvalue weighted by Gasteiger charge is -2.35. The third-order valence-corrected chi connectivity index (χ3v) is 4.87. The molecule has 4 rings (SSSR count). The molecule has 1 aliphatic rings. The van der Waals surface area contributed by atoms with Crippen LogP contribution in [0.25, 0.3) is 11.0 Å². The average molecular weight is 365 g/mol. The lowest BCUT2D eigenvalue weighted by atomic mass is 10.3. The number of fused-ring (bicyclic) bond motifs is 1. The maximum Gasteiger partial charge on any atom is 0.224 e. The van der Waals surface area contributed by atoms with E-state index in [1.165, 1.54) is 0 Å². The van der Waals surface area contributed by atoms with Gasteiger partial charge >= 0.3 is 0 Å². The maximum absolute atomic E-state index is 12.4. The van der Waals surface area contributed by atoms with E-state index in [-0.39, 0.29) is 5.91 Å². The summed E-state index contributed by atoms with van der Waals surface area (Å²) in [5.74, 6) is 1.67. The summed E-state index contributed by atoms with van der Waals surface area (Å²) in [5.41, 5.74) is 2.13. The van der Waals surface area contributed by atoms with E-state index in [1.54, 1.807) is 18.5 Å². The van der Waals surface area contributed by atoms with Gasteiger partial charge in [-0.05, 0) is 18.2 Å². The maximum atomic E-state index is 12.4. The molecule has 2 aromatic heterocycles. The molecule has 1 fully saturated rings. The van der Waals surface area contributed by atoms with Gasteiger partial charge < -0.3 is 19.7 Å². The third-order valence-electron chi connectivity index (χ3n) is 4.87. The normalized spacial score (nSPS) is 14.6. The van der Waals surface area contributed by atoms with Crippen LogP contribution in [0.4, 0.5) is 11.9 Å². The number of rotatable bonds is 5. The zero-order valence-electron chi connectivity index (χ0n) is 15.4. The van der Waals surface area contributed by atoms with Gasteiger partial charge in [0.25, 0.3) is 0 Å². The predicted octanol–water partition coefficient (Wildman–Crippen LogP) is 1.51. The standard InChI is InChI=1S/C19H23N7O/c1-24-16-6-3-2-5-15(16)23-19(24)26-13-11-25(12-14-26)17(27)7-10-22-18-20-8-4-9-21-18/h2-6,8-9H,7,10-14H2,1H3,(H,20,21,22). The first-order valence-corrected chi connectivity index (χ1v) is 9.17. The number of amides is 1. The highest BCUT2D eigenvalue weighted by molar-refractivity contribution is 5.79. The first-order chi connectivity index (χ1) is 13.2. The van der Waals surface area contributed by atoms with Gasteiger partial charge in [-0.1, -0.05) is 12.1 Å². The van der Waals surface area contributed by atoms with Crippen LogP contribution in [0.15, 0.2) is 42.7 Å². The molecule has 1 aliphatic heterocycles. The van der Waals surface area contributed by atoms with Crippen LogP contribution in [-0.4, -0.2) is 63.0 Å². The summed E-state index contributed by atoms with van der Waals surface area (Å²) < 4.78 is 2.12. The van der Waals surface area contributed by atoms with E-state index in [4.69, 9.17) is 4.98 Å². The largest absolute Gasteiger partial charge is 0.354 e. The van der Waals surface area contributed by atoms with Crippen molar-refractivity contribution in [2.75, 3.05) is 42.9 Å². The molecule has 1 amide bonds. The van der Waals surface area contributed by atoms with Gasteiger partial charge in [0.2, 0.25) is 17.8 Å². The fourth-order valence-electron chi connectivity index (χ4n) is 3.40. The Morgan fingerprint density at radius 1 is 1.07 bits per heavy atom. The van der Waals surface area contributed by atoms with E-state index in [2.05, 4.69) is 30.8 Å². The van der Waals surface area contributed by atoms with Crippen molar-refractivity contribution in [1.82, 2.24) is 24.4 Å². The molecule has 8 heteroatoms. The molecule has 1 N–H and O–H groups in total. The molecular weight excluding hydrogens is 342 g/mol. The molecule has 0 spiro atoms. The first kappa shape index (κ1) is 17.3. The summed E-state index contributed by atoms with van der Waals surface area (Å²) in [7, 11) is 2.04. The van der Waals surface area contributed by atoms with Gasteiger partial charge in [-0.2, -0.15) is 0 Å². The summed E-state index contributed by atoms with van der Waals surface area (Å²) in [6.07, 6.45) is 3.79. The Hall–Kier alpha value is -3.16. The highest BCUT2D eigenvalue weighted by atomic mass is 16.2. The second-order valence-corrected chi connectivity index (χ2v) is 6.58. The topological polar surface area (TPSA) is 79.2 Å². The highest BCUT2D eigenvalue weighted by Crippen LogP contribution is 2.22. The number of imidazole rings is 1. The van der Waals surface area contributed by atoms with Gasteiger partial charge in [0.1, 0.15) is 0 Å². The number of nitrogens with zero attached hydrogens (tertiary/aromatic N) is 6. The first-order valence-electron chi connectivity index (χ1n) is 9.17. The van der Waals surface area contributed by atoms with Crippen LogP contribution in [0.3, 0.4) is 0 Å². The Balaban J connectivity index is 1.30. The Kier molecular flexibility index (Phi) is 4.86. The van der Waals surface area contributed by atoms with Crippen LogP contribution in [0, 0.1) is 0 Å². The molecule has 3 heterocycles. The fourth-order valence-corrected chi connectivity index (χ4v) is 3.40. The van der Waals surface area contributed by atoms with Crippen molar-refractivity contribution in [1.29, 1.82) is 0 Å². The number of benzene rings is 1. The molecule has 0 unspecified atom stereocenters. The highest BCUT2D eigenvalue weighted by Gasteiger charge is 2.23. The number of nitrogens with one attached hydrogen (secondary N) is 1. The van der Waals surface area contributed by atoms with Crippen molar-refractivity contribution in [3.05, 3.63) is 42.7 Å². The monoisotopic (exact) mass is 365 g/mol. The van der Waals surface area contributed by atoms with Crippen LogP contribution >= 0.6 is 0 Å². The lowest BCUT2D eigenvalue weighted by molar-refractivity contribution is -0.131. The number of aryl methyl sites for hydroxylation is 1. The number of piperazine rings is 1. The van der Waals surface area contributed by atoms with Crippen LogP contribution in [0.2, 0.25) is 0 Å². The van der Waals surface area contributed by atoms with Crippen LogP contribution < -0.4 is 10.2 Å². The Labute approximate surface area is 157 Å². The van der Waals surface area contributed by atoms with E-state index in [0.717, 1.165) is 30.1 Å². The van der Waals surface area contributed by atoms with Crippen LogP contribution in [-0.2, 0) is 11.8 Å². The molecule has 3 aromatic rings. The van der Waals surface area contributed by atoms with Gasteiger partial charge in [0.05, 0.1) is 11.0 Å². The number of carbonyl (C=O) groups excluding carboxylic acids is 1. The summed E-state index contributed by atoms with van der Waals surface area (Å²) >= 11 is 0. The SMILES string of the molecule is Cn1c(N2CCN(C(=O)CCNc3ncccn3)CC2)nc2ccccc21. The minimum Gasteiger partial charge on any atom is -0.354 e. The molecule has 27 heavy (non-hydrogen) atoms. The molecule has 0 radical (unpaired) electrons. The summed E-state index contributed by atoms with van der Waals surface area (Å²) in [6, 6.07) is 9.90. The third kappa shape index (κ3) is 3.69. The molecule has 140 valence electrons. The van der Waals surface area contributed by atoms with Crippen molar-refractivity contribution in [2.45, 2.75) is 6.42 Å². The second kappa shape index (κ2) is 7.61. The molecule has 0 bridgehead atoms. The van der Waals surface area contributed by atoms with Gasteiger partial charge in [-0.15, -0.1) is 0 Å². The van der Waals surface area contributed by atoms with Crippen molar-refractivity contribution in [3.8, 4) is 0 Å². The van der Waals surface area contributed by atoms with Gasteiger partial charge in [-0.3, -0.25) is 4.79 Å². The number of carbonyl (C=O) groups is 1. The number of hydrogen-bond donors (Lipinski definition) is 1. The number of aromatic nitrogens is 4.